The van der Waals surface area contributed by atoms with E-state index in [0.29, 0.717) is 6.42 Å². The molecule has 0 fully saturated rings. The first kappa shape index (κ1) is 12.3. The molecule has 0 aliphatic heterocycles. The first-order valence-electron chi connectivity index (χ1n) is 5.52. The van der Waals surface area contributed by atoms with E-state index in [-0.39, 0.29) is 0 Å². The van der Waals surface area contributed by atoms with Crippen molar-refractivity contribution in [2.24, 2.45) is 5.73 Å². The van der Waals surface area contributed by atoms with Gasteiger partial charge in [-0.15, -0.1) is 10.2 Å². The van der Waals surface area contributed by atoms with Crippen LogP contribution < -0.4 is 5.73 Å². The highest BCUT2D eigenvalue weighted by atomic mass is 16.4. The lowest BCUT2D eigenvalue weighted by Crippen LogP contribution is -2.32. The summed E-state index contributed by atoms with van der Waals surface area (Å²) in [6, 6.07) is 1.04. The Morgan fingerprint density at radius 2 is 2.06 bits per heavy atom. The topological polar surface area (TPSA) is 99.0 Å². The Kier molecular flexibility index (Phi) is 3.15. The number of carbonyl (C=O) groups is 1. The second-order valence-corrected chi connectivity index (χ2v) is 4.20. The molecule has 18 heavy (non-hydrogen) atoms. The molecule has 0 aromatic carbocycles. The zero-order valence-corrected chi connectivity index (χ0v) is 10.2. The number of nitrogens with zero attached hydrogens (tertiary/aromatic N) is 4. The lowest BCUT2D eigenvalue weighted by Gasteiger charge is -2.10. The van der Waals surface area contributed by atoms with Gasteiger partial charge in [0.1, 0.15) is 18.7 Å². The van der Waals surface area contributed by atoms with Gasteiger partial charge in [-0.1, -0.05) is 0 Å². The van der Waals surface area contributed by atoms with Crippen molar-refractivity contribution >= 4 is 5.97 Å². The number of hydrogen-bond donors (Lipinski definition) is 2. The van der Waals surface area contributed by atoms with Gasteiger partial charge in [-0.25, -0.2) is 4.68 Å². The predicted octanol–water partition coefficient (Wildman–Crippen LogP) is -0.0378. The zero-order chi connectivity index (χ0) is 13.3. The fourth-order valence-electron chi connectivity index (χ4n) is 2.00. The van der Waals surface area contributed by atoms with Gasteiger partial charge in [-0.2, -0.15) is 0 Å². The second-order valence-electron chi connectivity index (χ2n) is 4.20. The molecule has 0 saturated heterocycles. The number of rotatable bonds is 4. The normalized spacial score (nSPS) is 12.6. The van der Waals surface area contributed by atoms with Crippen LogP contribution in [0.1, 0.15) is 17.0 Å². The zero-order valence-electron chi connectivity index (χ0n) is 10.2. The van der Waals surface area contributed by atoms with E-state index < -0.39 is 12.0 Å². The summed E-state index contributed by atoms with van der Waals surface area (Å²) in [4.78, 5) is 10.8. The standard InChI is InChI=1S/C11H15N5O2/c1-7-3-9(4-10(12)11(17)18)8(2)16(7)15-5-13-14-6-15/h3,5-6,10H,4,12H2,1-2H3,(H,17,18). The van der Waals surface area contributed by atoms with Crippen molar-refractivity contribution in [3.8, 4) is 0 Å². The van der Waals surface area contributed by atoms with Gasteiger partial charge >= 0.3 is 5.97 Å². The van der Waals surface area contributed by atoms with E-state index >= 15 is 0 Å². The highest BCUT2D eigenvalue weighted by molar-refractivity contribution is 5.73. The molecular formula is C11H15N5O2. The molecule has 3 N–H and O–H groups in total. The van der Waals surface area contributed by atoms with Gasteiger partial charge < -0.3 is 10.8 Å². The van der Waals surface area contributed by atoms with Gasteiger partial charge in [0.2, 0.25) is 0 Å². The maximum atomic E-state index is 10.8. The van der Waals surface area contributed by atoms with Crippen molar-refractivity contribution in [2.75, 3.05) is 0 Å². The molecule has 0 radical (unpaired) electrons. The van der Waals surface area contributed by atoms with Crippen molar-refractivity contribution in [3.05, 3.63) is 35.7 Å². The molecule has 7 heteroatoms. The Morgan fingerprint density at radius 3 is 2.61 bits per heavy atom. The molecule has 2 aromatic heterocycles. The number of nitrogens with two attached hydrogens (primary N) is 1. The van der Waals surface area contributed by atoms with Crippen molar-refractivity contribution in [1.29, 1.82) is 0 Å². The van der Waals surface area contributed by atoms with Crippen LogP contribution in [0.25, 0.3) is 0 Å². The summed E-state index contributed by atoms with van der Waals surface area (Å²) in [7, 11) is 0. The Labute approximate surface area is 104 Å². The molecule has 0 bridgehead atoms. The number of aromatic nitrogens is 4. The van der Waals surface area contributed by atoms with Crippen molar-refractivity contribution in [2.45, 2.75) is 26.3 Å². The van der Waals surface area contributed by atoms with Crippen LogP contribution in [0.3, 0.4) is 0 Å². The van der Waals surface area contributed by atoms with Gasteiger partial charge in [-0.05, 0) is 25.5 Å². The first-order valence-corrected chi connectivity index (χ1v) is 5.52. The third-order valence-corrected chi connectivity index (χ3v) is 2.89. The van der Waals surface area contributed by atoms with E-state index in [9.17, 15) is 4.79 Å². The minimum atomic E-state index is -0.996. The molecule has 0 aliphatic carbocycles. The number of aryl methyl sites for hydroxylation is 1. The Bertz CT molecular complexity index is 558. The second kappa shape index (κ2) is 4.61. The van der Waals surface area contributed by atoms with E-state index in [1.165, 1.54) is 0 Å². The summed E-state index contributed by atoms with van der Waals surface area (Å²) in [6.07, 6.45) is 3.47. The number of hydrogen-bond acceptors (Lipinski definition) is 4. The summed E-state index contributed by atoms with van der Waals surface area (Å²) in [5.41, 5.74) is 8.37. The minimum absolute atomic E-state index is 0.303. The summed E-state index contributed by atoms with van der Waals surface area (Å²) in [5, 5.41) is 16.3. The first-order chi connectivity index (χ1) is 8.50. The maximum Gasteiger partial charge on any atom is 0.320 e. The van der Waals surface area contributed by atoms with Crippen molar-refractivity contribution in [1.82, 2.24) is 19.5 Å². The van der Waals surface area contributed by atoms with Crippen LogP contribution in [0.5, 0.6) is 0 Å². The third kappa shape index (κ3) is 2.12. The summed E-state index contributed by atoms with van der Waals surface area (Å²) < 4.78 is 3.64. The van der Waals surface area contributed by atoms with Crippen molar-refractivity contribution in [3.63, 3.8) is 0 Å². The van der Waals surface area contributed by atoms with E-state index in [2.05, 4.69) is 10.2 Å². The molecule has 0 saturated carbocycles. The van der Waals surface area contributed by atoms with E-state index in [1.54, 1.807) is 17.3 Å². The summed E-state index contributed by atoms with van der Waals surface area (Å²) in [6.45, 7) is 3.85. The van der Waals surface area contributed by atoms with Crippen LogP contribution in [0.4, 0.5) is 0 Å². The Morgan fingerprint density at radius 1 is 1.44 bits per heavy atom. The molecule has 7 nitrogen and oxygen atoms in total. The van der Waals surface area contributed by atoms with E-state index in [4.69, 9.17) is 10.8 Å². The highest BCUT2D eigenvalue weighted by Crippen LogP contribution is 2.16. The molecule has 1 unspecified atom stereocenters. The predicted molar refractivity (Wildman–Crippen MR) is 64.0 cm³/mol. The van der Waals surface area contributed by atoms with Crippen LogP contribution in [-0.4, -0.2) is 36.7 Å². The van der Waals surface area contributed by atoms with Crippen LogP contribution >= 0.6 is 0 Å². The Balaban J connectivity index is 2.35. The average Bonchev–Trinajstić information content (AvgIpc) is 2.88. The minimum Gasteiger partial charge on any atom is -0.480 e. The van der Waals surface area contributed by atoms with E-state index in [1.807, 2.05) is 24.6 Å². The molecule has 2 aromatic rings. The van der Waals surface area contributed by atoms with Gasteiger partial charge in [-0.3, -0.25) is 9.47 Å². The quantitative estimate of drug-likeness (QED) is 0.792. The average molecular weight is 249 g/mol. The number of carboxylic acids is 1. The lowest BCUT2D eigenvalue weighted by molar-refractivity contribution is -0.138. The van der Waals surface area contributed by atoms with Crippen LogP contribution in [0.15, 0.2) is 18.7 Å². The fourth-order valence-corrected chi connectivity index (χ4v) is 2.00. The van der Waals surface area contributed by atoms with Gasteiger partial charge in [0.25, 0.3) is 0 Å². The Hall–Kier alpha value is -2.15. The molecular weight excluding hydrogens is 234 g/mol. The lowest BCUT2D eigenvalue weighted by atomic mass is 10.1. The number of carboxylic acid groups (broad SMARTS) is 1. The molecule has 2 rings (SSSR count). The van der Waals surface area contributed by atoms with Crippen LogP contribution in [0.2, 0.25) is 0 Å². The molecule has 96 valence electrons. The third-order valence-electron chi connectivity index (χ3n) is 2.89. The fraction of sp³-hybridized carbons (Fsp3) is 0.364. The van der Waals surface area contributed by atoms with Crippen LogP contribution in [-0.2, 0) is 11.2 Å². The molecule has 1 atom stereocenters. The monoisotopic (exact) mass is 249 g/mol. The molecule has 0 amide bonds. The maximum absolute atomic E-state index is 10.8. The SMILES string of the molecule is Cc1cc(CC(N)C(=O)O)c(C)n1-n1cnnc1. The molecule has 2 heterocycles. The smallest absolute Gasteiger partial charge is 0.320 e. The number of aliphatic carboxylic acids is 1. The van der Waals surface area contributed by atoms with Gasteiger partial charge in [0.15, 0.2) is 0 Å². The highest BCUT2D eigenvalue weighted by Gasteiger charge is 2.17. The van der Waals surface area contributed by atoms with Gasteiger partial charge in [0, 0.05) is 17.8 Å². The summed E-state index contributed by atoms with van der Waals surface area (Å²) >= 11 is 0. The van der Waals surface area contributed by atoms with Crippen molar-refractivity contribution < 1.29 is 9.90 Å². The summed E-state index contributed by atoms with van der Waals surface area (Å²) in [5.74, 6) is -0.996. The van der Waals surface area contributed by atoms with Crippen LogP contribution in [0, 0.1) is 13.8 Å². The van der Waals surface area contributed by atoms with E-state index in [0.717, 1.165) is 17.0 Å². The molecule has 0 aliphatic rings. The van der Waals surface area contributed by atoms with Gasteiger partial charge in [0.05, 0.1) is 0 Å². The molecule has 0 spiro atoms. The largest absolute Gasteiger partial charge is 0.480 e.